The molecule has 32 heavy (non-hydrogen) atoms. The van der Waals surface area contributed by atoms with Crippen LogP contribution in [0.1, 0.15) is 23.6 Å². The first-order valence-corrected chi connectivity index (χ1v) is 9.62. The molecule has 5 rings (SSSR count). The number of nitrogens with zero attached hydrogens (tertiary/aromatic N) is 6. The Bertz CT molecular complexity index is 1410. The Kier molecular flexibility index (Phi) is 4.59. The van der Waals surface area contributed by atoms with Gasteiger partial charge in [-0.1, -0.05) is 12.1 Å². The Labute approximate surface area is 180 Å². The number of anilines is 1. The minimum Gasteiger partial charge on any atom is -0.490 e. The van der Waals surface area contributed by atoms with Gasteiger partial charge in [0.15, 0.2) is 11.6 Å². The smallest absolute Gasteiger partial charge is 0.329 e. The van der Waals surface area contributed by atoms with Crippen molar-refractivity contribution in [1.29, 1.82) is 5.26 Å². The van der Waals surface area contributed by atoms with Crippen LogP contribution in [0.4, 0.5) is 15.9 Å². The van der Waals surface area contributed by atoms with Gasteiger partial charge in [-0.25, -0.2) is 14.4 Å². The number of aromatic nitrogens is 4. The molecule has 1 unspecified atom stereocenters. The number of para-hydroxylation sites is 1. The average Bonchev–Trinajstić information content (AvgIpc) is 3.23. The van der Waals surface area contributed by atoms with Gasteiger partial charge < -0.3 is 10.1 Å². The third-order valence-corrected chi connectivity index (χ3v) is 5.18. The topological polar surface area (TPSA) is 132 Å². The molecule has 0 fully saturated rings. The first-order valence-electron chi connectivity index (χ1n) is 9.62. The van der Waals surface area contributed by atoms with Gasteiger partial charge in [0.05, 0.1) is 40.2 Å². The highest BCUT2D eigenvalue weighted by molar-refractivity contribution is 5.78. The Morgan fingerprint density at radius 2 is 2.19 bits per heavy atom. The van der Waals surface area contributed by atoms with Gasteiger partial charge in [-0.2, -0.15) is 10.2 Å². The number of imidazole rings is 1. The molecule has 1 N–H and O–H groups in total. The van der Waals surface area contributed by atoms with E-state index in [1.807, 2.05) is 0 Å². The molecule has 1 atom stereocenters. The average molecular weight is 431 g/mol. The quantitative estimate of drug-likeness (QED) is 0.382. The maximum absolute atomic E-state index is 14.1. The van der Waals surface area contributed by atoms with Gasteiger partial charge in [0.2, 0.25) is 11.8 Å². The van der Waals surface area contributed by atoms with E-state index in [2.05, 4.69) is 26.3 Å². The monoisotopic (exact) mass is 431 g/mol. The van der Waals surface area contributed by atoms with Crippen LogP contribution in [-0.4, -0.2) is 31.0 Å². The summed E-state index contributed by atoms with van der Waals surface area (Å²) < 4.78 is 21.1. The summed E-state index contributed by atoms with van der Waals surface area (Å²) in [6, 6.07) is 11.2. The molecule has 11 heteroatoms. The van der Waals surface area contributed by atoms with Crippen molar-refractivity contribution in [3.05, 3.63) is 76.0 Å². The van der Waals surface area contributed by atoms with Crippen LogP contribution in [0.15, 0.2) is 48.9 Å². The molecule has 2 aromatic carbocycles. The highest BCUT2D eigenvalue weighted by atomic mass is 19.1. The molecule has 0 amide bonds. The molecule has 2 aromatic heterocycles. The summed E-state index contributed by atoms with van der Waals surface area (Å²) in [5, 5.41) is 23.9. The second-order valence-corrected chi connectivity index (χ2v) is 7.08. The molecule has 10 nitrogen and oxygen atoms in total. The van der Waals surface area contributed by atoms with Crippen molar-refractivity contribution >= 4 is 22.5 Å². The first kappa shape index (κ1) is 19.4. The van der Waals surface area contributed by atoms with Gasteiger partial charge >= 0.3 is 5.69 Å². The largest absolute Gasteiger partial charge is 0.490 e. The van der Waals surface area contributed by atoms with Crippen molar-refractivity contribution in [1.82, 2.24) is 19.5 Å². The number of nitro groups is 1. The molecular formula is C21H14FN7O3. The highest BCUT2D eigenvalue weighted by Gasteiger charge is 2.28. The summed E-state index contributed by atoms with van der Waals surface area (Å²) in [5.74, 6) is -0.245. The molecule has 158 valence electrons. The lowest BCUT2D eigenvalue weighted by Crippen LogP contribution is -2.22. The van der Waals surface area contributed by atoms with E-state index >= 15 is 0 Å². The first-order chi connectivity index (χ1) is 15.5. The molecule has 0 bridgehead atoms. The van der Waals surface area contributed by atoms with Crippen LogP contribution < -0.4 is 10.1 Å². The van der Waals surface area contributed by atoms with Crippen molar-refractivity contribution in [2.45, 2.75) is 12.5 Å². The third-order valence-electron chi connectivity index (χ3n) is 5.18. The Morgan fingerprint density at radius 3 is 3.00 bits per heavy atom. The van der Waals surface area contributed by atoms with Crippen molar-refractivity contribution < 1.29 is 14.1 Å². The molecule has 0 aliphatic carbocycles. The van der Waals surface area contributed by atoms with Gasteiger partial charge in [0.1, 0.15) is 12.5 Å². The van der Waals surface area contributed by atoms with Crippen LogP contribution >= 0.6 is 0 Å². The number of halogens is 1. The Hall–Kier alpha value is -4.59. The summed E-state index contributed by atoms with van der Waals surface area (Å²) in [7, 11) is 0. The summed E-state index contributed by atoms with van der Waals surface area (Å²) in [6.07, 6.45) is 3.05. The second kappa shape index (κ2) is 7.59. The number of rotatable bonds is 4. The number of nitrogens with one attached hydrogen (secondary N) is 1. The van der Waals surface area contributed by atoms with Gasteiger partial charge in [-0.05, 0) is 24.3 Å². The summed E-state index contributed by atoms with van der Waals surface area (Å²) in [4.78, 5) is 23.8. The standard InChI is InChI=1S/C21H14FN7O3/c22-14-3-1-2-13-15(6-7-32-19(13)14)26-20-18(29(30)31)10-24-21(27-20)28-11-25-16-5-4-12(9-23)8-17(16)28/h1-5,8,10-11,15H,6-7H2,(H,24,26,27). The number of benzene rings is 2. The number of ether oxygens (including phenoxy) is 1. The minimum atomic E-state index is -0.586. The van der Waals surface area contributed by atoms with E-state index in [1.165, 1.54) is 12.4 Å². The molecule has 0 saturated heterocycles. The van der Waals surface area contributed by atoms with Crippen molar-refractivity contribution in [3.63, 3.8) is 0 Å². The van der Waals surface area contributed by atoms with Crippen molar-refractivity contribution in [2.24, 2.45) is 0 Å². The zero-order valence-corrected chi connectivity index (χ0v) is 16.4. The van der Waals surface area contributed by atoms with Crippen molar-refractivity contribution in [2.75, 3.05) is 11.9 Å². The van der Waals surface area contributed by atoms with Crippen molar-refractivity contribution in [3.8, 4) is 17.8 Å². The van der Waals surface area contributed by atoms with E-state index in [-0.39, 0.29) is 29.8 Å². The molecule has 0 saturated carbocycles. The Morgan fingerprint density at radius 1 is 1.31 bits per heavy atom. The maximum Gasteiger partial charge on any atom is 0.329 e. The predicted octanol–water partition coefficient (Wildman–Crippen LogP) is 3.67. The van der Waals surface area contributed by atoms with Crippen LogP contribution in [0, 0.1) is 27.3 Å². The molecule has 4 aromatic rings. The minimum absolute atomic E-state index is 0.0135. The van der Waals surface area contributed by atoms with E-state index in [0.717, 1.165) is 6.20 Å². The van der Waals surface area contributed by atoms with E-state index in [9.17, 15) is 19.8 Å². The molecule has 1 aliphatic rings. The number of hydrogen-bond donors (Lipinski definition) is 1. The zero-order valence-electron chi connectivity index (χ0n) is 16.4. The van der Waals surface area contributed by atoms with Crippen LogP contribution in [0.25, 0.3) is 17.0 Å². The number of nitriles is 1. The molecule has 0 radical (unpaired) electrons. The highest BCUT2D eigenvalue weighted by Crippen LogP contribution is 2.37. The van der Waals surface area contributed by atoms with Crippen LogP contribution in [0.5, 0.6) is 5.75 Å². The predicted molar refractivity (Wildman–Crippen MR) is 111 cm³/mol. The number of hydrogen-bond acceptors (Lipinski definition) is 8. The van der Waals surface area contributed by atoms with Crippen LogP contribution in [0.3, 0.4) is 0 Å². The van der Waals surface area contributed by atoms with Gasteiger partial charge in [-0.15, -0.1) is 0 Å². The zero-order chi connectivity index (χ0) is 22.2. The fourth-order valence-corrected chi connectivity index (χ4v) is 3.66. The molecule has 0 spiro atoms. The van der Waals surface area contributed by atoms with E-state index < -0.39 is 16.8 Å². The van der Waals surface area contributed by atoms with Gasteiger partial charge in [0, 0.05) is 12.0 Å². The van der Waals surface area contributed by atoms with Crippen LogP contribution in [0.2, 0.25) is 0 Å². The fraction of sp³-hybridized carbons (Fsp3) is 0.143. The van der Waals surface area contributed by atoms with E-state index in [1.54, 1.807) is 34.9 Å². The summed E-state index contributed by atoms with van der Waals surface area (Å²) in [5.41, 5.74) is 1.87. The van der Waals surface area contributed by atoms with Gasteiger partial charge in [0.25, 0.3) is 0 Å². The van der Waals surface area contributed by atoms with E-state index in [4.69, 9.17) is 4.74 Å². The third kappa shape index (κ3) is 3.24. The number of fused-ring (bicyclic) bond motifs is 2. The molecule has 1 aliphatic heterocycles. The van der Waals surface area contributed by atoms with E-state index in [0.29, 0.717) is 28.6 Å². The fourth-order valence-electron chi connectivity index (χ4n) is 3.66. The SMILES string of the molecule is N#Cc1ccc2ncn(-c3ncc([N+](=O)[O-])c(NC4CCOc5c(F)cccc54)n3)c2c1. The normalized spacial score (nSPS) is 14.9. The lowest BCUT2D eigenvalue weighted by atomic mass is 10.0. The van der Waals surface area contributed by atoms with Crippen LogP contribution in [-0.2, 0) is 0 Å². The van der Waals surface area contributed by atoms with Gasteiger partial charge in [-0.3, -0.25) is 14.7 Å². The molecular weight excluding hydrogens is 417 g/mol. The summed E-state index contributed by atoms with van der Waals surface area (Å²) in [6.45, 7) is 0.250. The summed E-state index contributed by atoms with van der Waals surface area (Å²) >= 11 is 0. The molecule has 3 heterocycles. The second-order valence-electron chi connectivity index (χ2n) is 7.08. The lowest BCUT2D eigenvalue weighted by molar-refractivity contribution is -0.384. The Balaban J connectivity index is 1.59. The maximum atomic E-state index is 14.1. The lowest BCUT2D eigenvalue weighted by Gasteiger charge is -2.27.